The number of nitrogens with zero attached hydrogens (tertiary/aromatic N) is 1. The quantitative estimate of drug-likeness (QED) is 0.418. The second kappa shape index (κ2) is 4.97. The Bertz CT molecular complexity index is 337. The zero-order chi connectivity index (χ0) is 11.3. The smallest absolute Gasteiger partial charge is 0.140 e. The number of hydrogen-bond donors (Lipinski definition) is 0. The summed E-state index contributed by atoms with van der Waals surface area (Å²) in [5.74, 6) is 2.43. The highest BCUT2D eigenvalue weighted by Crippen LogP contribution is 2.13. The van der Waals surface area contributed by atoms with E-state index in [2.05, 4.69) is 5.92 Å². The number of quaternary nitrogens is 1. The van der Waals surface area contributed by atoms with Crippen LogP contribution in [0.3, 0.4) is 0 Å². The summed E-state index contributed by atoms with van der Waals surface area (Å²) in [5.41, 5.74) is 1.18. The van der Waals surface area contributed by atoms with Crippen molar-refractivity contribution < 1.29 is 4.65 Å². The summed E-state index contributed by atoms with van der Waals surface area (Å²) in [6, 6.07) is 10.00. The summed E-state index contributed by atoms with van der Waals surface area (Å²) >= 11 is 0. The Morgan fingerprint density at radius 2 is 2.00 bits per heavy atom. The minimum Gasteiger partial charge on any atom is -0.632 e. The largest absolute Gasteiger partial charge is 0.632 e. The highest BCUT2D eigenvalue weighted by Gasteiger charge is 2.18. The second-order valence-electron chi connectivity index (χ2n) is 4.08. The van der Waals surface area contributed by atoms with Crippen molar-refractivity contribution in [3.8, 4) is 12.3 Å². The van der Waals surface area contributed by atoms with Gasteiger partial charge < -0.3 is 9.85 Å². The lowest BCUT2D eigenvalue weighted by atomic mass is 10.1. The van der Waals surface area contributed by atoms with E-state index >= 15 is 0 Å². The first-order valence-electron chi connectivity index (χ1n) is 5.10. The minimum atomic E-state index is -0.370. The molecule has 0 aliphatic heterocycles. The van der Waals surface area contributed by atoms with Gasteiger partial charge in [-0.1, -0.05) is 30.3 Å². The van der Waals surface area contributed by atoms with Gasteiger partial charge in [0.15, 0.2) is 0 Å². The van der Waals surface area contributed by atoms with Gasteiger partial charge in [0.05, 0.1) is 13.1 Å². The molecule has 15 heavy (non-hydrogen) atoms. The number of hydrogen-bond acceptors (Lipinski definition) is 1. The number of likely N-dealkylation sites (N-methyl/N-ethyl adjacent to an activating group) is 1. The van der Waals surface area contributed by atoms with Crippen LogP contribution < -0.4 is 0 Å². The van der Waals surface area contributed by atoms with E-state index < -0.39 is 0 Å². The van der Waals surface area contributed by atoms with E-state index in [-0.39, 0.29) is 17.2 Å². The molecule has 0 aliphatic carbocycles. The molecule has 2 atom stereocenters. The number of benzene rings is 1. The third-order valence-electron chi connectivity index (χ3n) is 2.71. The average molecular weight is 203 g/mol. The molecule has 0 aliphatic rings. The van der Waals surface area contributed by atoms with Crippen LogP contribution in [0.5, 0.6) is 0 Å². The van der Waals surface area contributed by atoms with Crippen molar-refractivity contribution in [1.29, 1.82) is 0 Å². The summed E-state index contributed by atoms with van der Waals surface area (Å²) in [7, 11) is 1.63. The van der Waals surface area contributed by atoms with Crippen LogP contribution in [0.15, 0.2) is 30.3 Å². The van der Waals surface area contributed by atoms with Gasteiger partial charge in [0.25, 0.3) is 0 Å². The Balaban J connectivity index is 2.64. The fourth-order valence-electron chi connectivity index (χ4n) is 1.49. The van der Waals surface area contributed by atoms with Gasteiger partial charge in [0.1, 0.15) is 6.54 Å². The zero-order valence-electron chi connectivity index (χ0n) is 9.31. The number of terminal acetylenes is 1. The molecule has 0 aromatic heterocycles. The maximum Gasteiger partial charge on any atom is 0.140 e. The molecular weight excluding hydrogens is 186 g/mol. The number of hydroxylamine groups is 3. The first kappa shape index (κ1) is 11.8. The van der Waals surface area contributed by atoms with Crippen LogP contribution in [0, 0.1) is 17.6 Å². The van der Waals surface area contributed by atoms with Gasteiger partial charge in [-0.05, 0) is 18.4 Å². The molecule has 0 saturated heterocycles. The Labute approximate surface area is 91.7 Å². The van der Waals surface area contributed by atoms with Crippen LogP contribution in [-0.2, 0) is 6.42 Å². The molecule has 2 nitrogen and oxygen atoms in total. The molecule has 0 saturated carbocycles. The van der Waals surface area contributed by atoms with Crippen LogP contribution in [0.25, 0.3) is 0 Å². The summed E-state index contributed by atoms with van der Waals surface area (Å²) in [4.78, 5) is 0. The monoisotopic (exact) mass is 203 g/mol. The van der Waals surface area contributed by atoms with E-state index in [1.165, 1.54) is 5.56 Å². The summed E-state index contributed by atoms with van der Waals surface area (Å²) < 4.78 is -0.370. The first-order valence-corrected chi connectivity index (χ1v) is 5.10. The lowest BCUT2D eigenvalue weighted by Crippen LogP contribution is -2.46. The van der Waals surface area contributed by atoms with Crippen molar-refractivity contribution in [3.05, 3.63) is 41.1 Å². The topological polar surface area (TPSA) is 23.1 Å². The molecule has 1 unspecified atom stereocenters. The highest BCUT2D eigenvalue weighted by atomic mass is 16.5. The highest BCUT2D eigenvalue weighted by molar-refractivity contribution is 5.15. The molecule has 0 N–H and O–H groups in total. The van der Waals surface area contributed by atoms with E-state index in [4.69, 9.17) is 6.42 Å². The molecule has 0 bridgehead atoms. The standard InChI is InChI=1S/C13H17NO/c1-4-10-14(3,15)12(2)11-13-8-6-5-7-9-13/h1,5-9,12H,10-11H2,2-3H3/t12-,14?/m1/s1. The van der Waals surface area contributed by atoms with E-state index in [1.54, 1.807) is 7.05 Å². The zero-order valence-corrected chi connectivity index (χ0v) is 9.31. The third kappa shape index (κ3) is 3.39. The molecule has 1 aromatic carbocycles. The van der Waals surface area contributed by atoms with Gasteiger partial charge in [0.2, 0.25) is 0 Å². The summed E-state index contributed by atoms with van der Waals surface area (Å²) in [6.07, 6.45) is 5.95. The Morgan fingerprint density at radius 1 is 1.40 bits per heavy atom. The maximum absolute atomic E-state index is 12.0. The van der Waals surface area contributed by atoms with Gasteiger partial charge in [-0.2, -0.15) is 0 Å². The van der Waals surface area contributed by atoms with E-state index in [0.717, 1.165) is 6.42 Å². The number of rotatable bonds is 4. The second-order valence-corrected chi connectivity index (χ2v) is 4.08. The first-order chi connectivity index (χ1) is 7.06. The van der Waals surface area contributed by atoms with Crippen molar-refractivity contribution in [2.75, 3.05) is 13.6 Å². The van der Waals surface area contributed by atoms with Gasteiger partial charge >= 0.3 is 0 Å². The molecular formula is C13H17NO. The van der Waals surface area contributed by atoms with Crippen molar-refractivity contribution in [2.45, 2.75) is 19.4 Å². The van der Waals surface area contributed by atoms with E-state index in [9.17, 15) is 5.21 Å². The van der Waals surface area contributed by atoms with E-state index in [1.807, 2.05) is 37.3 Å². The van der Waals surface area contributed by atoms with Crippen LogP contribution in [0.1, 0.15) is 12.5 Å². The molecule has 1 aromatic rings. The average Bonchev–Trinajstić information content (AvgIpc) is 2.19. The normalized spacial score (nSPS) is 16.4. The summed E-state index contributed by atoms with van der Waals surface area (Å²) in [5, 5.41) is 12.0. The predicted molar refractivity (Wildman–Crippen MR) is 62.9 cm³/mol. The van der Waals surface area contributed by atoms with E-state index in [0.29, 0.717) is 0 Å². The van der Waals surface area contributed by atoms with Gasteiger partial charge in [0, 0.05) is 6.42 Å². The fraction of sp³-hybridized carbons (Fsp3) is 0.385. The molecule has 0 fully saturated rings. The molecule has 80 valence electrons. The van der Waals surface area contributed by atoms with Gasteiger partial charge in [-0.25, -0.2) is 0 Å². The minimum absolute atomic E-state index is 0.0107. The maximum atomic E-state index is 12.0. The lowest BCUT2D eigenvalue weighted by molar-refractivity contribution is -0.877. The van der Waals surface area contributed by atoms with Crippen LogP contribution in [-0.4, -0.2) is 24.3 Å². The Kier molecular flexibility index (Phi) is 3.90. The van der Waals surface area contributed by atoms with Gasteiger partial charge in [-0.3, -0.25) is 0 Å². The van der Waals surface area contributed by atoms with Crippen LogP contribution in [0.4, 0.5) is 0 Å². The van der Waals surface area contributed by atoms with Crippen LogP contribution in [0.2, 0.25) is 0 Å². The SMILES string of the molecule is C#CC[N+](C)([O-])[C@H](C)Cc1ccccc1. The molecule has 1 rings (SSSR count). The van der Waals surface area contributed by atoms with Crippen molar-refractivity contribution >= 4 is 0 Å². The molecule has 2 heteroatoms. The van der Waals surface area contributed by atoms with Crippen molar-refractivity contribution in [3.63, 3.8) is 0 Å². The summed E-state index contributed by atoms with van der Waals surface area (Å²) in [6.45, 7) is 2.17. The molecule has 0 spiro atoms. The van der Waals surface area contributed by atoms with Gasteiger partial charge in [-0.15, -0.1) is 6.42 Å². The third-order valence-corrected chi connectivity index (χ3v) is 2.71. The Morgan fingerprint density at radius 3 is 2.53 bits per heavy atom. The van der Waals surface area contributed by atoms with Crippen LogP contribution >= 0.6 is 0 Å². The lowest BCUT2D eigenvalue weighted by Gasteiger charge is -2.42. The Hall–Kier alpha value is -1.30. The molecule has 0 heterocycles. The molecule has 0 radical (unpaired) electrons. The fourth-order valence-corrected chi connectivity index (χ4v) is 1.49. The van der Waals surface area contributed by atoms with Crippen molar-refractivity contribution in [2.24, 2.45) is 0 Å². The predicted octanol–water partition coefficient (Wildman–Crippen LogP) is 2.20. The molecule has 0 amide bonds. The van der Waals surface area contributed by atoms with Crippen molar-refractivity contribution in [1.82, 2.24) is 0 Å².